The third kappa shape index (κ3) is 4.55. The van der Waals surface area contributed by atoms with Gasteiger partial charge in [-0.05, 0) is 12.1 Å². The molecule has 27 heavy (non-hydrogen) atoms. The molecule has 3 rings (SSSR count). The molecule has 0 spiro atoms. The maximum atomic E-state index is 12.4. The normalized spacial score (nSPS) is 11.3. The molecule has 140 valence electrons. The van der Waals surface area contributed by atoms with E-state index >= 15 is 0 Å². The van der Waals surface area contributed by atoms with Gasteiger partial charge < -0.3 is 9.73 Å². The molecule has 2 heterocycles. The molecule has 2 aromatic heterocycles. The van der Waals surface area contributed by atoms with E-state index in [1.54, 1.807) is 10.7 Å². The molecule has 0 radical (unpaired) electrons. The van der Waals surface area contributed by atoms with Crippen molar-refractivity contribution in [1.29, 1.82) is 0 Å². The zero-order chi connectivity index (χ0) is 19.6. The number of aromatic nitrogens is 1. The summed E-state index contributed by atoms with van der Waals surface area (Å²) in [7, 11) is 0. The first-order valence-corrected chi connectivity index (χ1v) is 8.90. The van der Waals surface area contributed by atoms with Gasteiger partial charge >= 0.3 is 12.1 Å². The molecule has 3 aromatic rings. The average Bonchev–Trinajstić information content (AvgIpc) is 3.24. The fourth-order valence-corrected chi connectivity index (χ4v) is 2.99. The summed E-state index contributed by atoms with van der Waals surface area (Å²) in [5.41, 5.74) is 1.05. The Morgan fingerprint density at radius 1 is 1.11 bits per heavy atom. The fraction of sp³-hybridized carbons (Fsp3) is 0.0625. The van der Waals surface area contributed by atoms with Crippen LogP contribution in [0.1, 0.15) is 10.6 Å². The lowest BCUT2D eigenvalue weighted by Gasteiger charge is -2.07. The molecule has 0 aliphatic heterocycles. The van der Waals surface area contributed by atoms with Crippen molar-refractivity contribution in [3.8, 4) is 11.3 Å². The van der Waals surface area contributed by atoms with E-state index in [1.807, 2.05) is 24.3 Å². The molecule has 0 saturated heterocycles. The molecule has 0 aliphatic carbocycles. The van der Waals surface area contributed by atoms with Crippen molar-refractivity contribution >= 4 is 49.9 Å². The van der Waals surface area contributed by atoms with Gasteiger partial charge in [-0.3, -0.25) is 14.9 Å². The van der Waals surface area contributed by atoms with Gasteiger partial charge in [-0.1, -0.05) is 28.1 Å². The van der Waals surface area contributed by atoms with E-state index in [2.05, 4.69) is 26.2 Å². The minimum atomic E-state index is -5.08. The Morgan fingerprint density at radius 2 is 1.81 bits per heavy atom. The largest absolute Gasteiger partial charge is 0.471 e. The van der Waals surface area contributed by atoms with Crippen molar-refractivity contribution in [1.82, 2.24) is 4.98 Å². The first kappa shape index (κ1) is 19.1. The van der Waals surface area contributed by atoms with E-state index in [9.17, 15) is 22.8 Å². The number of benzene rings is 1. The highest BCUT2D eigenvalue weighted by Gasteiger charge is 2.39. The Balaban J connectivity index is 1.73. The maximum Gasteiger partial charge on any atom is 0.471 e. The number of carbonyl (C=O) groups is 2. The molecule has 2 N–H and O–H groups in total. The molecular formula is C16H9BrF3N3O3S. The average molecular weight is 460 g/mol. The highest BCUT2D eigenvalue weighted by molar-refractivity contribution is 9.10. The predicted molar refractivity (Wildman–Crippen MR) is 96.6 cm³/mol. The Hall–Kier alpha value is -2.66. The number of rotatable bonds is 4. The number of furan rings is 1. The molecule has 0 saturated carbocycles. The van der Waals surface area contributed by atoms with Gasteiger partial charge in [0.2, 0.25) is 5.76 Å². The topological polar surface area (TPSA) is 84.2 Å². The standard InChI is InChI=1S/C16H9BrF3N3O3S/c17-9-3-1-8(2-4-9)11-7-27-15(22-11)23-13(24)12-10(5-6-26-12)21-14(25)16(18,19)20/h1-7H,(H,21,25)(H,22,23,24). The summed E-state index contributed by atoms with van der Waals surface area (Å²) in [6.07, 6.45) is -4.09. The summed E-state index contributed by atoms with van der Waals surface area (Å²) in [6.45, 7) is 0. The first-order chi connectivity index (χ1) is 12.7. The molecule has 6 nitrogen and oxygen atoms in total. The molecule has 2 amide bonds. The smallest absolute Gasteiger partial charge is 0.457 e. The fourth-order valence-electron chi connectivity index (χ4n) is 2.01. The van der Waals surface area contributed by atoms with Crippen LogP contribution in [0.2, 0.25) is 0 Å². The van der Waals surface area contributed by atoms with Crippen LogP contribution in [0.4, 0.5) is 24.0 Å². The Bertz CT molecular complexity index is 983. The van der Waals surface area contributed by atoms with Crippen molar-refractivity contribution in [3.05, 3.63) is 52.2 Å². The lowest BCUT2D eigenvalue weighted by atomic mass is 10.2. The zero-order valence-corrected chi connectivity index (χ0v) is 15.5. The van der Waals surface area contributed by atoms with E-state index in [0.29, 0.717) is 5.69 Å². The van der Waals surface area contributed by atoms with E-state index in [-0.39, 0.29) is 10.8 Å². The monoisotopic (exact) mass is 459 g/mol. The van der Waals surface area contributed by atoms with Gasteiger partial charge in [0.1, 0.15) is 0 Å². The summed E-state index contributed by atoms with van der Waals surface area (Å²) in [5.74, 6) is -3.51. The number of hydrogen-bond donors (Lipinski definition) is 2. The van der Waals surface area contributed by atoms with Crippen LogP contribution in [-0.2, 0) is 4.79 Å². The van der Waals surface area contributed by atoms with Crippen LogP contribution in [0.3, 0.4) is 0 Å². The van der Waals surface area contributed by atoms with Gasteiger partial charge in [-0.15, -0.1) is 11.3 Å². The third-order valence-corrected chi connectivity index (χ3v) is 4.53. The summed E-state index contributed by atoms with van der Waals surface area (Å²) in [5, 5.41) is 5.96. The van der Waals surface area contributed by atoms with Gasteiger partial charge in [0.25, 0.3) is 5.91 Å². The summed E-state index contributed by atoms with van der Waals surface area (Å²) < 4.78 is 42.9. The molecule has 0 fully saturated rings. The van der Waals surface area contributed by atoms with Gasteiger partial charge in [0, 0.05) is 21.5 Å². The van der Waals surface area contributed by atoms with Gasteiger partial charge in [0.05, 0.1) is 17.6 Å². The highest BCUT2D eigenvalue weighted by Crippen LogP contribution is 2.27. The number of nitrogens with zero attached hydrogens (tertiary/aromatic N) is 1. The second kappa shape index (κ2) is 7.53. The molecule has 1 aromatic carbocycles. The SMILES string of the molecule is O=C(Nc1nc(-c2ccc(Br)cc2)cs1)c1occc1NC(=O)C(F)(F)F. The van der Waals surface area contributed by atoms with E-state index < -0.39 is 23.8 Å². The van der Waals surface area contributed by atoms with Crippen LogP contribution in [0, 0.1) is 0 Å². The van der Waals surface area contributed by atoms with Crippen molar-refractivity contribution < 1.29 is 27.2 Å². The van der Waals surface area contributed by atoms with Crippen LogP contribution >= 0.6 is 27.3 Å². The molecule has 0 bridgehead atoms. The maximum absolute atomic E-state index is 12.4. The Labute approximate surface area is 162 Å². The quantitative estimate of drug-likeness (QED) is 0.579. The molecule has 0 atom stereocenters. The van der Waals surface area contributed by atoms with Crippen molar-refractivity contribution in [2.24, 2.45) is 0 Å². The minimum absolute atomic E-state index is 0.224. The van der Waals surface area contributed by atoms with Crippen molar-refractivity contribution in [2.45, 2.75) is 6.18 Å². The second-order valence-corrected chi connectivity index (χ2v) is 6.89. The second-order valence-electron chi connectivity index (χ2n) is 5.11. The van der Waals surface area contributed by atoms with Crippen LogP contribution in [0.15, 0.2) is 50.9 Å². The third-order valence-electron chi connectivity index (χ3n) is 3.24. The number of alkyl halides is 3. The summed E-state index contributed by atoms with van der Waals surface area (Å²) in [4.78, 5) is 27.5. The van der Waals surface area contributed by atoms with Crippen LogP contribution in [-0.4, -0.2) is 23.0 Å². The number of anilines is 2. The van der Waals surface area contributed by atoms with Gasteiger partial charge in [-0.2, -0.15) is 13.2 Å². The Morgan fingerprint density at radius 3 is 2.48 bits per heavy atom. The lowest BCUT2D eigenvalue weighted by molar-refractivity contribution is -0.167. The molecule has 11 heteroatoms. The number of amides is 2. The van der Waals surface area contributed by atoms with Gasteiger partial charge in [0.15, 0.2) is 5.13 Å². The van der Waals surface area contributed by atoms with Crippen molar-refractivity contribution in [2.75, 3.05) is 10.6 Å². The van der Waals surface area contributed by atoms with Crippen LogP contribution in [0.5, 0.6) is 0 Å². The van der Waals surface area contributed by atoms with E-state index in [1.165, 1.54) is 0 Å². The number of hydrogen-bond acceptors (Lipinski definition) is 5. The lowest BCUT2D eigenvalue weighted by Crippen LogP contribution is -2.30. The van der Waals surface area contributed by atoms with Crippen molar-refractivity contribution in [3.63, 3.8) is 0 Å². The molecule has 0 unspecified atom stereocenters. The van der Waals surface area contributed by atoms with E-state index in [4.69, 9.17) is 4.42 Å². The zero-order valence-electron chi connectivity index (χ0n) is 13.1. The highest BCUT2D eigenvalue weighted by atomic mass is 79.9. The van der Waals surface area contributed by atoms with Crippen LogP contribution in [0.25, 0.3) is 11.3 Å². The first-order valence-electron chi connectivity index (χ1n) is 7.22. The number of nitrogens with one attached hydrogen (secondary N) is 2. The van der Waals surface area contributed by atoms with Crippen LogP contribution < -0.4 is 10.6 Å². The summed E-state index contributed by atoms with van der Waals surface area (Å²) >= 11 is 4.46. The number of halogens is 4. The van der Waals surface area contributed by atoms with E-state index in [0.717, 1.165) is 33.7 Å². The summed E-state index contributed by atoms with van der Waals surface area (Å²) in [6, 6.07) is 8.40. The Kier molecular flexibility index (Phi) is 5.33. The number of thiazole rings is 1. The predicted octanol–water partition coefficient (Wildman–Crippen LogP) is 4.92. The van der Waals surface area contributed by atoms with Gasteiger partial charge in [-0.25, -0.2) is 4.98 Å². The molecule has 0 aliphatic rings. The molecular weight excluding hydrogens is 451 g/mol. The minimum Gasteiger partial charge on any atom is -0.457 e. The number of carbonyl (C=O) groups excluding carboxylic acids is 2.